The van der Waals surface area contributed by atoms with E-state index in [1.807, 2.05) is 0 Å². The minimum Gasteiger partial charge on any atom is -0.485 e. The number of nitro groups is 1. The van der Waals surface area contributed by atoms with E-state index in [9.17, 15) is 14.9 Å². The van der Waals surface area contributed by atoms with Crippen LogP contribution in [0.2, 0.25) is 0 Å². The summed E-state index contributed by atoms with van der Waals surface area (Å²) in [5, 5.41) is 14.8. The Morgan fingerprint density at radius 2 is 2.13 bits per heavy atom. The Morgan fingerprint density at radius 3 is 2.70 bits per heavy atom. The van der Waals surface area contributed by atoms with Gasteiger partial charge in [-0.15, -0.1) is 0 Å². The number of carbonyl (C=O) groups is 1. The Bertz CT molecular complexity index is 721. The normalized spacial score (nSPS) is 10.1. The van der Waals surface area contributed by atoms with Crippen LogP contribution in [0, 0.1) is 10.1 Å². The van der Waals surface area contributed by atoms with Crippen molar-refractivity contribution in [3.63, 3.8) is 0 Å². The van der Waals surface area contributed by atoms with Gasteiger partial charge in [0.2, 0.25) is 5.69 Å². The van der Waals surface area contributed by atoms with E-state index >= 15 is 0 Å². The zero-order valence-electron chi connectivity index (χ0n) is 12.5. The summed E-state index contributed by atoms with van der Waals surface area (Å²) >= 11 is 0. The molecular weight excluding hydrogens is 302 g/mol. The molecule has 8 nitrogen and oxygen atoms in total. The molecule has 0 aliphatic heterocycles. The van der Waals surface area contributed by atoms with Gasteiger partial charge in [-0.1, -0.05) is 12.7 Å². The highest BCUT2D eigenvalue weighted by Crippen LogP contribution is 2.22. The number of rotatable bonds is 7. The van der Waals surface area contributed by atoms with Crippen molar-refractivity contribution in [3.8, 4) is 11.4 Å². The number of ether oxygens (including phenoxy) is 2. The summed E-state index contributed by atoms with van der Waals surface area (Å²) in [6.07, 6.45) is 3.05. The van der Waals surface area contributed by atoms with E-state index in [0.717, 1.165) is 0 Å². The van der Waals surface area contributed by atoms with Gasteiger partial charge < -0.3 is 9.47 Å². The molecule has 8 heteroatoms. The fourth-order valence-electron chi connectivity index (χ4n) is 1.81. The number of nitrogens with zero attached hydrogens (tertiary/aromatic N) is 3. The van der Waals surface area contributed by atoms with Crippen molar-refractivity contribution in [1.82, 2.24) is 9.78 Å². The second kappa shape index (κ2) is 7.21. The molecule has 0 aliphatic carbocycles. The molecule has 0 saturated heterocycles. The van der Waals surface area contributed by atoms with Gasteiger partial charge in [0.05, 0.1) is 23.4 Å². The van der Waals surface area contributed by atoms with Crippen molar-refractivity contribution in [1.29, 1.82) is 0 Å². The van der Waals surface area contributed by atoms with Gasteiger partial charge in [0.25, 0.3) is 5.69 Å². The Hall–Kier alpha value is -3.16. The van der Waals surface area contributed by atoms with Crippen molar-refractivity contribution >= 4 is 11.7 Å². The number of hydrogen-bond acceptors (Lipinski definition) is 6. The molecule has 1 aromatic heterocycles. The first-order chi connectivity index (χ1) is 11.1. The van der Waals surface area contributed by atoms with Gasteiger partial charge in [-0.3, -0.25) is 10.1 Å². The van der Waals surface area contributed by atoms with Crippen LogP contribution >= 0.6 is 0 Å². The third kappa shape index (κ3) is 3.73. The summed E-state index contributed by atoms with van der Waals surface area (Å²) in [6.45, 7) is 5.65. The van der Waals surface area contributed by atoms with Crippen molar-refractivity contribution in [3.05, 3.63) is 58.9 Å². The lowest BCUT2D eigenvalue weighted by Crippen LogP contribution is -2.08. The molecule has 2 rings (SSSR count). The molecule has 0 aliphatic rings. The van der Waals surface area contributed by atoms with Crippen LogP contribution in [0.15, 0.2) is 43.1 Å². The molecule has 0 spiro atoms. The summed E-state index contributed by atoms with van der Waals surface area (Å²) in [4.78, 5) is 22.1. The molecule has 0 bridgehead atoms. The van der Waals surface area contributed by atoms with Gasteiger partial charge >= 0.3 is 5.97 Å². The molecule has 0 N–H and O–H groups in total. The fraction of sp³-hybridized carbons (Fsp3) is 0.200. The highest BCUT2D eigenvalue weighted by molar-refractivity contribution is 5.90. The van der Waals surface area contributed by atoms with Gasteiger partial charge in [0.1, 0.15) is 6.61 Å². The Balaban J connectivity index is 2.36. The molecule has 0 radical (unpaired) electrons. The third-order valence-electron chi connectivity index (χ3n) is 2.83. The second-order valence-corrected chi connectivity index (χ2v) is 4.38. The predicted octanol–water partition coefficient (Wildman–Crippen LogP) is 2.52. The molecular formula is C15H15N3O5. The van der Waals surface area contributed by atoms with Crippen molar-refractivity contribution < 1.29 is 19.2 Å². The average Bonchev–Trinajstić information content (AvgIpc) is 2.97. The summed E-state index contributed by atoms with van der Waals surface area (Å²) in [7, 11) is 0. The maximum absolute atomic E-state index is 11.9. The highest BCUT2D eigenvalue weighted by atomic mass is 16.6. The van der Waals surface area contributed by atoms with Crippen LogP contribution < -0.4 is 4.74 Å². The SMILES string of the molecule is C=CCOc1cn(-c2ccc([N+](=O)[O-])cc2)nc1C(=O)OCC. The number of carbonyl (C=O) groups excluding carboxylic acids is 1. The van der Waals surface area contributed by atoms with Gasteiger partial charge in [-0.2, -0.15) is 5.10 Å². The minimum atomic E-state index is -0.604. The smallest absolute Gasteiger partial charge is 0.362 e. The van der Waals surface area contributed by atoms with Crippen LogP contribution in [0.1, 0.15) is 17.4 Å². The summed E-state index contributed by atoms with van der Waals surface area (Å²) in [5.41, 5.74) is 0.552. The van der Waals surface area contributed by atoms with Crippen molar-refractivity contribution in [2.75, 3.05) is 13.2 Å². The number of benzene rings is 1. The van der Waals surface area contributed by atoms with Gasteiger partial charge in [-0.05, 0) is 19.1 Å². The minimum absolute atomic E-state index is 0.0327. The Labute approximate surface area is 132 Å². The monoisotopic (exact) mass is 317 g/mol. The third-order valence-corrected chi connectivity index (χ3v) is 2.83. The molecule has 2 aromatic rings. The Morgan fingerprint density at radius 1 is 1.43 bits per heavy atom. The maximum atomic E-state index is 11.9. The first-order valence-corrected chi connectivity index (χ1v) is 6.82. The Kier molecular flexibility index (Phi) is 5.08. The largest absolute Gasteiger partial charge is 0.485 e. The molecule has 1 heterocycles. The van der Waals surface area contributed by atoms with Gasteiger partial charge in [-0.25, -0.2) is 9.48 Å². The number of nitro benzene ring substituents is 1. The maximum Gasteiger partial charge on any atom is 0.362 e. The zero-order valence-corrected chi connectivity index (χ0v) is 12.5. The van der Waals surface area contributed by atoms with Crippen molar-refractivity contribution in [2.24, 2.45) is 0 Å². The number of hydrogen-bond donors (Lipinski definition) is 0. The van der Waals surface area contributed by atoms with Crippen molar-refractivity contribution in [2.45, 2.75) is 6.92 Å². The molecule has 0 saturated carbocycles. The van der Waals surface area contributed by atoms with Gasteiger partial charge in [0, 0.05) is 12.1 Å². The average molecular weight is 317 g/mol. The number of esters is 1. The summed E-state index contributed by atoms with van der Waals surface area (Å²) < 4.78 is 11.7. The summed E-state index contributed by atoms with van der Waals surface area (Å²) in [5.74, 6) is -0.353. The van der Waals surface area contributed by atoms with Crippen LogP contribution in [0.5, 0.6) is 5.75 Å². The molecule has 120 valence electrons. The lowest BCUT2D eigenvalue weighted by atomic mass is 10.3. The van der Waals surface area contributed by atoms with E-state index in [-0.39, 0.29) is 30.3 Å². The molecule has 1 aromatic carbocycles. The molecule has 0 amide bonds. The van der Waals surface area contributed by atoms with E-state index in [4.69, 9.17) is 9.47 Å². The van der Waals surface area contributed by atoms with E-state index in [0.29, 0.717) is 5.69 Å². The zero-order chi connectivity index (χ0) is 16.8. The van der Waals surface area contributed by atoms with Gasteiger partial charge in [0.15, 0.2) is 5.75 Å². The van der Waals surface area contributed by atoms with E-state index in [1.165, 1.54) is 41.2 Å². The van der Waals surface area contributed by atoms with Crippen LogP contribution in [0.4, 0.5) is 5.69 Å². The van der Waals surface area contributed by atoms with E-state index in [1.54, 1.807) is 6.92 Å². The number of non-ortho nitro benzene ring substituents is 1. The van der Waals surface area contributed by atoms with Crippen LogP contribution in [-0.2, 0) is 4.74 Å². The number of aromatic nitrogens is 2. The van der Waals surface area contributed by atoms with E-state index < -0.39 is 10.9 Å². The quantitative estimate of drug-likeness (QED) is 0.337. The fourth-order valence-corrected chi connectivity index (χ4v) is 1.81. The lowest BCUT2D eigenvalue weighted by Gasteiger charge is -2.02. The second-order valence-electron chi connectivity index (χ2n) is 4.38. The molecule has 0 fully saturated rings. The molecule has 0 atom stereocenters. The first-order valence-electron chi connectivity index (χ1n) is 6.82. The standard InChI is InChI=1S/C15H15N3O5/c1-3-9-23-13-10-17(16-14(13)15(19)22-4-2)11-5-7-12(8-6-11)18(20)21/h3,5-8,10H,1,4,9H2,2H3. The first kappa shape index (κ1) is 16.2. The summed E-state index contributed by atoms with van der Waals surface area (Å²) in [6, 6.07) is 5.76. The predicted molar refractivity (Wildman–Crippen MR) is 81.9 cm³/mol. The van der Waals surface area contributed by atoms with E-state index in [2.05, 4.69) is 11.7 Å². The lowest BCUT2D eigenvalue weighted by molar-refractivity contribution is -0.384. The van der Waals surface area contributed by atoms with Crippen LogP contribution in [0.25, 0.3) is 5.69 Å². The highest BCUT2D eigenvalue weighted by Gasteiger charge is 2.20. The van der Waals surface area contributed by atoms with Crippen LogP contribution in [-0.4, -0.2) is 33.9 Å². The van der Waals surface area contributed by atoms with Crippen LogP contribution in [0.3, 0.4) is 0 Å². The molecule has 0 unspecified atom stereocenters. The molecule has 23 heavy (non-hydrogen) atoms. The topological polar surface area (TPSA) is 96.5 Å².